The molecule has 0 bridgehead atoms. The highest BCUT2D eigenvalue weighted by Gasteiger charge is 2.22. The Balaban J connectivity index is 2.96. The SMILES string of the molecule is CC(C)CC(c1cccc(C(C)N(CCCN(C)C)CCCN(C)C)n1)C(C)C. The molecule has 0 spiro atoms. The second kappa shape index (κ2) is 13.4. The zero-order valence-corrected chi connectivity index (χ0v) is 20.8. The van der Waals surface area contributed by atoms with Crippen LogP contribution < -0.4 is 0 Å². The molecular formula is C25H48N4. The van der Waals surface area contributed by atoms with Crippen LogP contribution in [0.15, 0.2) is 18.2 Å². The minimum Gasteiger partial charge on any atom is -0.309 e. The first-order chi connectivity index (χ1) is 13.6. The molecule has 1 rings (SSSR count). The lowest BCUT2D eigenvalue weighted by molar-refractivity contribution is 0.187. The fraction of sp³-hybridized carbons (Fsp3) is 0.800. The number of aromatic nitrogens is 1. The summed E-state index contributed by atoms with van der Waals surface area (Å²) in [7, 11) is 8.63. The highest BCUT2D eigenvalue weighted by Crippen LogP contribution is 2.31. The van der Waals surface area contributed by atoms with Gasteiger partial charge in [-0.25, -0.2) is 0 Å². The zero-order valence-electron chi connectivity index (χ0n) is 20.8. The van der Waals surface area contributed by atoms with Crippen molar-refractivity contribution in [3.8, 4) is 0 Å². The summed E-state index contributed by atoms with van der Waals surface area (Å²) in [5, 5.41) is 0. The average Bonchev–Trinajstić information content (AvgIpc) is 2.63. The van der Waals surface area contributed by atoms with E-state index >= 15 is 0 Å². The van der Waals surface area contributed by atoms with Crippen LogP contribution in [0.5, 0.6) is 0 Å². The van der Waals surface area contributed by atoms with E-state index in [9.17, 15) is 0 Å². The predicted molar refractivity (Wildman–Crippen MR) is 128 cm³/mol. The fourth-order valence-electron chi connectivity index (χ4n) is 4.02. The molecule has 0 aliphatic rings. The largest absolute Gasteiger partial charge is 0.309 e. The summed E-state index contributed by atoms with van der Waals surface area (Å²) < 4.78 is 0. The summed E-state index contributed by atoms with van der Waals surface area (Å²) in [4.78, 5) is 12.4. The van der Waals surface area contributed by atoms with Gasteiger partial charge in [0.2, 0.25) is 0 Å². The van der Waals surface area contributed by atoms with Gasteiger partial charge >= 0.3 is 0 Å². The highest BCUT2D eigenvalue weighted by atomic mass is 15.2. The lowest BCUT2D eigenvalue weighted by Crippen LogP contribution is -2.33. The van der Waals surface area contributed by atoms with Crippen molar-refractivity contribution in [3.05, 3.63) is 29.6 Å². The van der Waals surface area contributed by atoms with Gasteiger partial charge in [0.05, 0.1) is 5.69 Å². The van der Waals surface area contributed by atoms with Crippen molar-refractivity contribution in [3.63, 3.8) is 0 Å². The van der Waals surface area contributed by atoms with Gasteiger partial charge in [0, 0.05) is 30.7 Å². The Labute approximate surface area is 181 Å². The Bertz CT molecular complexity index is 540. The molecule has 0 aliphatic heterocycles. The van der Waals surface area contributed by atoms with E-state index in [1.165, 1.54) is 30.7 Å². The van der Waals surface area contributed by atoms with E-state index in [1.807, 2.05) is 0 Å². The van der Waals surface area contributed by atoms with Crippen molar-refractivity contribution in [1.82, 2.24) is 19.7 Å². The summed E-state index contributed by atoms with van der Waals surface area (Å²) in [5.41, 5.74) is 2.51. The summed E-state index contributed by atoms with van der Waals surface area (Å²) in [6, 6.07) is 7.05. The quantitative estimate of drug-likeness (QED) is 0.428. The van der Waals surface area contributed by atoms with Crippen LogP contribution in [0.4, 0.5) is 0 Å². The van der Waals surface area contributed by atoms with Gasteiger partial charge in [-0.15, -0.1) is 0 Å². The Hall–Kier alpha value is -0.970. The average molecular weight is 405 g/mol. The molecule has 0 amide bonds. The standard InChI is InChI=1S/C25H48N4/c1-20(2)19-23(21(3)4)25-14-10-13-24(26-25)22(5)29(17-11-15-27(6)7)18-12-16-28(8)9/h10,13-14,20-23H,11-12,15-19H2,1-9H3. The summed E-state index contributed by atoms with van der Waals surface area (Å²) in [6.07, 6.45) is 3.60. The molecule has 1 aromatic rings. The summed E-state index contributed by atoms with van der Waals surface area (Å²) >= 11 is 0. The third kappa shape index (κ3) is 10.1. The first-order valence-corrected chi connectivity index (χ1v) is 11.6. The second-order valence-electron chi connectivity index (χ2n) is 9.99. The molecular weight excluding hydrogens is 356 g/mol. The number of rotatable bonds is 14. The van der Waals surface area contributed by atoms with Gasteiger partial charge < -0.3 is 9.80 Å². The van der Waals surface area contributed by atoms with E-state index in [2.05, 4.69) is 95.7 Å². The van der Waals surface area contributed by atoms with Gasteiger partial charge in [-0.3, -0.25) is 9.88 Å². The summed E-state index contributed by atoms with van der Waals surface area (Å²) in [5.74, 6) is 1.85. The van der Waals surface area contributed by atoms with Gasteiger partial charge in [-0.05, 0) is 91.4 Å². The molecule has 2 atom stereocenters. The Morgan fingerprint density at radius 3 is 1.72 bits per heavy atom. The van der Waals surface area contributed by atoms with Crippen molar-refractivity contribution >= 4 is 0 Å². The molecule has 2 unspecified atom stereocenters. The molecule has 4 heteroatoms. The maximum Gasteiger partial charge on any atom is 0.0576 e. The fourth-order valence-corrected chi connectivity index (χ4v) is 4.02. The van der Waals surface area contributed by atoms with Crippen LogP contribution in [0.3, 0.4) is 0 Å². The topological polar surface area (TPSA) is 22.6 Å². The third-order valence-electron chi connectivity index (χ3n) is 5.78. The molecule has 0 radical (unpaired) electrons. The molecule has 0 saturated carbocycles. The van der Waals surface area contributed by atoms with Crippen molar-refractivity contribution in [1.29, 1.82) is 0 Å². The molecule has 168 valence electrons. The molecule has 29 heavy (non-hydrogen) atoms. The van der Waals surface area contributed by atoms with E-state index < -0.39 is 0 Å². The summed E-state index contributed by atoms with van der Waals surface area (Å²) in [6.45, 7) is 16.2. The lowest BCUT2D eigenvalue weighted by atomic mass is 9.84. The van der Waals surface area contributed by atoms with Gasteiger partial charge in [0.25, 0.3) is 0 Å². The Kier molecular flexibility index (Phi) is 12.0. The van der Waals surface area contributed by atoms with Gasteiger partial charge in [0.1, 0.15) is 0 Å². The highest BCUT2D eigenvalue weighted by molar-refractivity contribution is 5.18. The molecule has 0 N–H and O–H groups in total. The Morgan fingerprint density at radius 1 is 0.759 bits per heavy atom. The third-order valence-corrected chi connectivity index (χ3v) is 5.78. The number of hydrogen-bond donors (Lipinski definition) is 0. The molecule has 4 nitrogen and oxygen atoms in total. The molecule has 0 saturated heterocycles. The van der Waals surface area contributed by atoms with Crippen molar-refractivity contribution < 1.29 is 0 Å². The molecule has 0 fully saturated rings. The lowest BCUT2D eigenvalue weighted by Gasteiger charge is -2.31. The van der Waals surface area contributed by atoms with Crippen LogP contribution in [-0.2, 0) is 0 Å². The van der Waals surface area contributed by atoms with Crippen LogP contribution in [0.1, 0.15) is 77.2 Å². The first-order valence-electron chi connectivity index (χ1n) is 11.6. The van der Waals surface area contributed by atoms with Crippen LogP contribution in [0.2, 0.25) is 0 Å². The van der Waals surface area contributed by atoms with E-state index in [0.29, 0.717) is 23.8 Å². The number of nitrogens with zero attached hydrogens (tertiary/aromatic N) is 4. The zero-order chi connectivity index (χ0) is 22.0. The van der Waals surface area contributed by atoms with Crippen molar-refractivity contribution in [2.75, 3.05) is 54.4 Å². The van der Waals surface area contributed by atoms with Crippen LogP contribution in [-0.4, -0.2) is 74.1 Å². The van der Waals surface area contributed by atoms with E-state index in [1.54, 1.807) is 0 Å². The van der Waals surface area contributed by atoms with E-state index in [-0.39, 0.29) is 0 Å². The smallest absolute Gasteiger partial charge is 0.0576 e. The maximum absolute atomic E-state index is 5.19. The normalized spacial score (nSPS) is 14.6. The van der Waals surface area contributed by atoms with Gasteiger partial charge in [-0.2, -0.15) is 0 Å². The minimum atomic E-state index is 0.353. The van der Waals surface area contributed by atoms with E-state index in [0.717, 1.165) is 26.2 Å². The predicted octanol–water partition coefficient (Wildman–Crippen LogP) is 5.13. The number of hydrogen-bond acceptors (Lipinski definition) is 4. The minimum absolute atomic E-state index is 0.353. The van der Waals surface area contributed by atoms with Crippen LogP contribution in [0.25, 0.3) is 0 Å². The second-order valence-corrected chi connectivity index (χ2v) is 9.99. The Morgan fingerprint density at radius 2 is 1.28 bits per heavy atom. The van der Waals surface area contributed by atoms with Gasteiger partial charge in [-0.1, -0.05) is 33.8 Å². The van der Waals surface area contributed by atoms with Crippen LogP contribution >= 0.6 is 0 Å². The van der Waals surface area contributed by atoms with Crippen molar-refractivity contribution in [2.45, 2.75) is 65.8 Å². The molecule has 0 aliphatic carbocycles. The molecule has 0 aromatic carbocycles. The van der Waals surface area contributed by atoms with Gasteiger partial charge in [0.15, 0.2) is 0 Å². The monoisotopic (exact) mass is 404 g/mol. The number of pyridine rings is 1. The molecule has 1 heterocycles. The first kappa shape index (κ1) is 26.1. The van der Waals surface area contributed by atoms with Crippen molar-refractivity contribution in [2.24, 2.45) is 11.8 Å². The molecule has 1 aromatic heterocycles. The van der Waals surface area contributed by atoms with E-state index in [4.69, 9.17) is 4.98 Å². The van der Waals surface area contributed by atoms with Crippen LogP contribution in [0, 0.1) is 11.8 Å². The maximum atomic E-state index is 5.19.